The lowest BCUT2D eigenvalue weighted by atomic mass is 10.0. The zero-order chi connectivity index (χ0) is 28.6. The van der Waals surface area contributed by atoms with Crippen LogP contribution in [0.1, 0.15) is 50.8 Å². The van der Waals surface area contributed by atoms with E-state index >= 15 is 0 Å². The Labute approximate surface area is 242 Å². The summed E-state index contributed by atoms with van der Waals surface area (Å²) in [6, 6.07) is 13.8. The number of halogens is 5. The van der Waals surface area contributed by atoms with E-state index in [0.29, 0.717) is 32.8 Å². The highest BCUT2D eigenvalue weighted by atomic mass is 35.5. The van der Waals surface area contributed by atoms with Gasteiger partial charge < -0.3 is 14.7 Å². The second-order valence-corrected chi connectivity index (χ2v) is 11.0. The van der Waals surface area contributed by atoms with Gasteiger partial charge in [0.25, 0.3) is 0 Å². The van der Waals surface area contributed by atoms with Crippen LogP contribution in [-0.2, 0) is 19.3 Å². The van der Waals surface area contributed by atoms with Gasteiger partial charge in [0.15, 0.2) is 5.69 Å². The van der Waals surface area contributed by atoms with Crippen molar-refractivity contribution in [2.45, 2.75) is 38.1 Å². The van der Waals surface area contributed by atoms with Gasteiger partial charge in [-0.15, -0.1) is 0 Å². The predicted octanol–water partition coefficient (Wildman–Crippen LogP) is 8.32. The predicted molar refractivity (Wildman–Crippen MR) is 149 cm³/mol. The Morgan fingerprint density at radius 3 is 2.38 bits per heavy atom. The summed E-state index contributed by atoms with van der Waals surface area (Å²) in [5, 5.41) is 9.90. The lowest BCUT2D eigenvalue weighted by Gasteiger charge is -2.23. The number of carboxylic acid groups (broad SMARTS) is 1. The summed E-state index contributed by atoms with van der Waals surface area (Å²) in [5.74, 6) is -0.937. The number of hydrogen-bond acceptors (Lipinski definition) is 6. The third kappa shape index (κ3) is 6.04. The molecule has 0 spiro atoms. The number of aromatic carboxylic acids is 1. The number of alkyl halides is 3. The summed E-state index contributed by atoms with van der Waals surface area (Å²) in [5.41, 5.74) is 1.37. The topological polar surface area (TPSA) is 75.6 Å². The Balaban J connectivity index is 1.41. The minimum absolute atomic E-state index is 0.0470. The van der Waals surface area contributed by atoms with Crippen LogP contribution >= 0.6 is 34.7 Å². The van der Waals surface area contributed by atoms with Gasteiger partial charge in [-0.3, -0.25) is 0 Å². The van der Waals surface area contributed by atoms with E-state index < -0.39 is 17.8 Å². The summed E-state index contributed by atoms with van der Waals surface area (Å²) in [6.45, 7) is 0.0623. The van der Waals surface area contributed by atoms with Gasteiger partial charge in [0, 0.05) is 35.7 Å². The smallest absolute Gasteiger partial charge is 0.435 e. The number of aromatic nitrogens is 2. The van der Waals surface area contributed by atoms with Gasteiger partial charge >= 0.3 is 12.1 Å². The first-order valence-corrected chi connectivity index (χ1v) is 13.7. The molecule has 1 fully saturated rings. The molecule has 2 aromatic heterocycles. The molecule has 0 radical (unpaired) electrons. The van der Waals surface area contributed by atoms with Crippen molar-refractivity contribution >= 4 is 46.4 Å². The van der Waals surface area contributed by atoms with E-state index in [-0.39, 0.29) is 30.3 Å². The van der Waals surface area contributed by atoms with Crippen molar-refractivity contribution in [1.29, 1.82) is 0 Å². The average Bonchev–Trinajstić information content (AvgIpc) is 3.67. The first-order valence-electron chi connectivity index (χ1n) is 12.2. The largest absolute Gasteiger partial charge is 0.478 e. The minimum atomic E-state index is -4.74. The number of ether oxygens (including phenoxy) is 1. The molecule has 5 rings (SSSR count). The monoisotopic (exact) mass is 607 g/mol. The number of pyridine rings is 1. The molecule has 1 aliphatic rings. The van der Waals surface area contributed by atoms with Crippen LogP contribution in [0, 0.1) is 0 Å². The average molecular weight is 608 g/mol. The molecule has 0 amide bonds. The first-order chi connectivity index (χ1) is 19.0. The van der Waals surface area contributed by atoms with Crippen molar-refractivity contribution in [2.24, 2.45) is 0 Å². The van der Waals surface area contributed by atoms with Crippen molar-refractivity contribution in [2.75, 3.05) is 11.9 Å². The zero-order valence-corrected chi connectivity index (χ0v) is 23.3. The Hall–Kier alpha value is -3.34. The van der Waals surface area contributed by atoms with Gasteiger partial charge in [-0.25, -0.2) is 9.78 Å². The van der Waals surface area contributed by atoms with Gasteiger partial charge in [0.05, 0.1) is 27.0 Å². The third-order valence-electron chi connectivity index (χ3n) is 6.48. The van der Waals surface area contributed by atoms with Crippen LogP contribution in [0.4, 0.5) is 18.9 Å². The van der Waals surface area contributed by atoms with Crippen LogP contribution in [0.5, 0.6) is 5.88 Å². The molecule has 40 heavy (non-hydrogen) atoms. The van der Waals surface area contributed by atoms with E-state index in [1.54, 1.807) is 30.3 Å². The number of carbonyl (C=O) groups is 1. The normalized spacial score (nSPS) is 13.3. The molecule has 6 nitrogen and oxygen atoms in total. The number of nitrogens with zero attached hydrogens (tertiary/aromatic N) is 3. The van der Waals surface area contributed by atoms with Gasteiger partial charge in [-0.05, 0) is 66.2 Å². The number of rotatable bonds is 9. The molecule has 0 bridgehead atoms. The standard InChI is InChI=1S/C28H22Cl2F3N3O3S/c1-36(13-15-5-7-17(8-6-15)27(37)38)21-11-12-22(34-26(21)28(31,32)33)39-14-18-24(35-40-25(18)16-9-10-16)23-19(29)3-2-4-20(23)30/h2-8,11-12,16H,9-10,13-14H2,1H3,(H,37,38). The van der Waals surface area contributed by atoms with Crippen LogP contribution in [0.3, 0.4) is 0 Å². The van der Waals surface area contributed by atoms with Crippen molar-refractivity contribution in [1.82, 2.24) is 9.36 Å². The van der Waals surface area contributed by atoms with Crippen LogP contribution in [0.15, 0.2) is 54.6 Å². The van der Waals surface area contributed by atoms with E-state index in [9.17, 15) is 18.0 Å². The van der Waals surface area contributed by atoms with E-state index in [4.69, 9.17) is 33.0 Å². The number of benzene rings is 2. The molecule has 0 aliphatic heterocycles. The fourth-order valence-corrected chi connectivity index (χ4v) is 5.96. The molecule has 1 N–H and O–H groups in total. The maximum absolute atomic E-state index is 14.1. The number of hydrogen-bond donors (Lipinski definition) is 1. The van der Waals surface area contributed by atoms with Crippen molar-refractivity contribution in [3.05, 3.63) is 91.9 Å². The van der Waals surface area contributed by atoms with Crippen molar-refractivity contribution in [3.8, 4) is 17.1 Å². The van der Waals surface area contributed by atoms with E-state index in [1.165, 1.54) is 47.7 Å². The molecule has 4 aromatic rings. The molecular formula is C28H22Cl2F3N3O3S. The lowest BCUT2D eigenvalue weighted by Crippen LogP contribution is -2.22. The van der Waals surface area contributed by atoms with Crippen LogP contribution in [0.25, 0.3) is 11.3 Å². The van der Waals surface area contributed by atoms with E-state index in [1.807, 2.05) is 0 Å². The molecular weight excluding hydrogens is 586 g/mol. The maximum atomic E-state index is 14.1. The molecule has 0 saturated heterocycles. The molecule has 208 valence electrons. The second-order valence-electron chi connectivity index (χ2n) is 9.41. The maximum Gasteiger partial charge on any atom is 0.435 e. The number of anilines is 1. The quantitative estimate of drug-likeness (QED) is 0.206. The van der Waals surface area contributed by atoms with Gasteiger partial charge in [0.1, 0.15) is 6.61 Å². The van der Waals surface area contributed by atoms with E-state index in [0.717, 1.165) is 23.3 Å². The first kappa shape index (κ1) is 28.2. The molecule has 1 aliphatic carbocycles. The summed E-state index contributed by atoms with van der Waals surface area (Å²) in [7, 11) is 1.51. The molecule has 0 atom stereocenters. The molecule has 12 heteroatoms. The lowest BCUT2D eigenvalue weighted by molar-refractivity contribution is -0.140. The fraction of sp³-hybridized carbons (Fsp3) is 0.250. The Kier molecular flexibility index (Phi) is 7.94. The van der Waals surface area contributed by atoms with Crippen LogP contribution in [0.2, 0.25) is 10.0 Å². The summed E-state index contributed by atoms with van der Waals surface area (Å²) < 4.78 is 52.7. The van der Waals surface area contributed by atoms with Gasteiger partial charge in [-0.2, -0.15) is 17.5 Å². The molecule has 1 saturated carbocycles. The summed E-state index contributed by atoms with van der Waals surface area (Å²) >= 11 is 14.2. The highest BCUT2D eigenvalue weighted by Crippen LogP contribution is 2.48. The Morgan fingerprint density at radius 2 is 1.77 bits per heavy atom. The minimum Gasteiger partial charge on any atom is -0.478 e. The van der Waals surface area contributed by atoms with Gasteiger partial charge in [-0.1, -0.05) is 41.4 Å². The van der Waals surface area contributed by atoms with Crippen LogP contribution in [-0.4, -0.2) is 27.5 Å². The van der Waals surface area contributed by atoms with Crippen LogP contribution < -0.4 is 9.64 Å². The van der Waals surface area contributed by atoms with E-state index in [2.05, 4.69) is 9.36 Å². The Morgan fingerprint density at radius 1 is 1.10 bits per heavy atom. The van der Waals surface area contributed by atoms with Crippen molar-refractivity contribution in [3.63, 3.8) is 0 Å². The summed E-state index contributed by atoms with van der Waals surface area (Å²) in [4.78, 5) is 17.3. The number of carboxylic acids is 1. The molecule has 2 heterocycles. The zero-order valence-electron chi connectivity index (χ0n) is 21.0. The Bertz CT molecular complexity index is 1540. The highest BCUT2D eigenvalue weighted by Gasteiger charge is 2.37. The fourth-order valence-electron chi connectivity index (χ4n) is 4.34. The molecule has 0 unspecified atom stereocenters. The highest BCUT2D eigenvalue weighted by molar-refractivity contribution is 7.06. The molecule has 2 aromatic carbocycles. The van der Waals surface area contributed by atoms with Gasteiger partial charge in [0.2, 0.25) is 5.88 Å². The summed E-state index contributed by atoms with van der Waals surface area (Å²) in [6.07, 6.45) is -2.74. The van der Waals surface area contributed by atoms with Crippen molar-refractivity contribution < 1.29 is 27.8 Å². The second kappa shape index (κ2) is 11.3. The third-order valence-corrected chi connectivity index (χ3v) is 8.16. The SMILES string of the molecule is CN(Cc1ccc(C(=O)O)cc1)c1ccc(OCc2c(-c3c(Cl)cccc3Cl)nsc2C2CC2)nc1C(F)(F)F.